The molecule has 1 aromatic rings. The number of nitrogens with one attached hydrogen (secondary N) is 2. The van der Waals surface area contributed by atoms with Crippen molar-refractivity contribution >= 4 is 23.0 Å². The number of rotatable bonds is 4. The van der Waals surface area contributed by atoms with Crippen LogP contribution in [0.5, 0.6) is 0 Å². The number of piperidine rings is 1. The van der Waals surface area contributed by atoms with Gasteiger partial charge in [0.05, 0.1) is 11.1 Å². The van der Waals surface area contributed by atoms with Crippen molar-refractivity contribution in [2.45, 2.75) is 58.4 Å². The van der Waals surface area contributed by atoms with E-state index in [4.69, 9.17) is 12.2 Å². The van der Waals surface area contributed by atoms with Crippen LogP contribution in [0, 0.1) is 5.41 Å². The van der Waals surface area contributed by atoms with Crippen LogP contribution in [0.25, 0.3) is 0 Å². The van der Waals surface area contributed by atoms with Crippen LogP contribution in [0.1, 0.15) is 51.2 Å². The fourth-order valence-electron chi connectivity index (χ4n) is 3.29. The minimum atomic E-state index is -4.91. The molecule has 30 heavy (non-hydrogen) atoms. The zero-order valence-corrected chi connectivity index (χ0v) is 18.0. The van der Waals surface area contributed by atoms with E-state index in [0.717, 1.165) is 25.9 Å². The van der Waals surface area contributed by atoms with Crippen LogP contribution >= 0.6 is 12.2 Å². The summed E-state index contributed by atoms with van der Waals surface area (Å²) < 4.78 is 78.3. The number of alkyl halides is 6. The Balaban J connectivity index is 2.18. The van der Waals surface area contributed by atoms with Crippen molar-refractivity contribution in [1.29, 1.82) is 0 Å². The maximum Gasteiger partial charge on any atom is 0.416 e. The first kappa shape index (κ1) is 24.7. The Hall–Kier alpha value is -1.55. The van der Waals surface area contributed by atoms with E-state index in [1.165, 1.54) is 6.42 Å². The van der Waals surface area contributed by atoms with Gasteiger partial charge in [-0.15, -0.1) is 0 Å². The molecule has 0 saturated carbocycles. The van der Waals surface area contributed by atoms with Crippen molar-refractivity contribution in [2.24, 2.45) is 5.41 Å². The smallest absolute Gasteiger partial charge is 0.358 e. The van der Waals surface area contributed by atoms with Gasteiger partial charge >= 0.3 is 12.4 Å². The van der Waals surface area contributed by atoms with Gasteiger partial charge < -0.3 is 15.5 Å². The van der Waals surface area contributed by atoms with Gasteiger partial charge in [-0.3, -0.25) is 0 Å². The molecule has 1 atom stereocenters. The molecular formula is C20H27F6N3S. The molecule has 1 aromatic carbocycles. The molecule has 1 heterocycles. The van der Waals surface area contributed by atoms with E-state index in [0.29, 0.717) is 18.7 Å². The lowest BCUT2D eigenvalue weighted by Crippen LogP contribution is -2.52. The Morgan fingerprint density at radius 1 is 0.933 bits per heavy atom. The molecule has 0 aliphatic carbocycles. The van der Waals surface area contributed by atoms with E-state index < -0.39 is 23.5 Å². The van der Waals surface area contributed by atoms with E-state index in [1.807, 2.05) is 20.8 Å². The lowest BCUT2D eigenvalue weighted by Gasteiger charge is -2.38. The van der Waals surface area contributed by atoms with Gasteiger partial charge in [0.15, 0.2) is 5.11 Å². The third-order valence-electron chi connectivity index (χ3n) is 5.09. The van der Waals surface area contributed by atoms with Crippen LogP contribution in [-0.2, 0) is 12.4 Å². The number of nitrogens with zero attached hydrogens (tertiary/aromatic N) is 1. The van der Waals surface area contributed by atoms with Crippen molar-refractivity contribution in [2.75, 3.05) is 25.0 Å². The molecule has 2 rings (SSSR count). The molecule has 1 aliphatic rings. The fourth-order valence-corrected chi connectivity index (χ4v) is 3.55. The Labute approximate surface area is 178 Å². The summed E-state index contributed by atoms with van der Waals surface area (Å²) in [4.78, 5) is 2.29. The maximum absolute atomic E-state index is 13.1. The Kier molecular flexibility index (Phi) is 7.66. The molecule has 1 fully saturated rings. The van der Waals surface area contributed by atoms with Crippen molar-refractivity contribution in [3.8, 4) is 0 Å². The first-order chi connectivity index (χ1) is 13.7. The van der Waals surface area contributed by atoms with Crippen molar-refractivity contribution in [3.63, 3.8) is 0 Å². The molecule has 0 aromatic heterocycles. The Morgan fingerprint density at radius 3 is 1.87 bits per heavy atom. The van der Waals surface area contributed by atoms with Gasteiger partial charge in [-0.05, 0) is 61.8 Å². The van der Waals surface area contributed by atoms with E-state index in [1.54, 1.807) is 0 Å². The average Bonchev–Trinajstić information content (AvgIpc) is 2.59. The number of thiocarbonyl (C=S) groups is 1. The van der Waals surface area contributed by atoms with Gasteiger partial charge in [0.1, 0.15) is 0 Å². The molecular weight excluding hydrogens is 428 g/mol. The fraction of sp³-hybridized carbons (Fsp3) is 0.650. The van der Waals surface area contributed by atoms with Crippen molar-refractivity contribution < 1.29 is 26.3 Å². The van der Waals surface area contributed by atoms with Gasteiger partial charge in [0.25, 0.3) is 0 Å². The molecule has 170 valence electrons. The predicted octanol–water partition coefficient (Wildman–Crippen LogP) is 5.91. The van der Waals surface area contributed by atoms with E-state index in [9.17, 15) is 26.3 Å². The average molecular weight is 456 g/mol. The monoisotopic (exact) mass is 455 g/mol. The Bertz CT molecular complexity index is 701. The summed E-state index contributed by atoms with van der Waals surface area (Å²) in [6, 6.07) is 1.21. The van der Waals surface area contributed by atoms with E-state index in [2.05, 4.69) is 15.5 Å². The van der Waals surface area contributed by atoms with Crippen molar-refractivity contribution in [1.82, 2.24) is 10.2 Å². The highest BCUT2D eigenvalue weighted by Gasteiger charge is 2.37. The lowest BCUT2D eigenvalue weighted by atomic mass is 9.86. The molecule has 1 unspecified atom stereocenters. The zero-order chi connectivity index (χ0) is 22.7. The lowest BCUT2D eigenvalue weighted by molar-refractivity contribution is -0.143. The van der Waals surface area contributed by atoms with Crippen LogP contribution in [0.3, 0.4) is 0 Å². The molecule has 1 aliphatic heterocycles. The van der Waals surface area contributed by atoms with Crippen LogP contribution in [0.15, 0.2) is 18.2 Å². The summed E-state index contributed by atoms with van der Waals surface area (Å²) in [5.74, 6) is 0. The summed E-state index contributed by atoms with van der Waals surface area (Å²) in [5.41, 5.74) is -3.36. The first-order valence-corrected chi connectivity index (χ1v) is 10.2. The normalized spacial score (nSPS) is 17.5. The Morgan fingerprint density at radius 2 is 1.43 bits per heavy atom. The highest BCUT2D eigenvalue weighted by Crippen LogP contribution is 2.37. The quantitative estimate of drug-likeness (QED) is 0.436. The third-order valence-corrected chi connectivity index (χ3v) is 5.31. The van der Waals surface area contributed by atoms with Crippen molar-refractivity contribution in [3.05, 3.63) is 29.3 Å². The molecule has 1 saturated heterocycles. The topological polar surface area (TPSA) is 27.3 Å². The summed E-state index contributed by atoms with van der Waals surface area (Å²) in [6.07, 6.45) is -6.43. The summed E-state index contributed by atoms with van der Waals surface area (Å²) in [6.45, 7) is 8.60. The van der Waals surface area contributed by atoms with Gasteiger partial charge in [-0.2, -0.15) is 26.3 Å². The minimum Gasteiger partial charge on any atom is -0.358 e. The maximum atomic E-state index is 13.1. The largest absolute Gasteiger partial charge is 0.416 e. The highest BCUT2D eigenvalue weighted by atomic mass is 32.1. The van der Waals surface area contributed by atoms with Crippen LogP contribution in [-0.4, -0.2) is 35.7 Å². The summed E-state index contributed by atoms with van der Waals surface area (Å²) in [5, 5.41) is 5.58. The van der Waals surface area contributed by atoms with E-state index >= 15 is 0 Å². The second-order valence-corrected chi connectivity index (χ2v) is 9.08. The molecule has 10 heteroatoms. The molecule has 0 bridgehead atoms. The first-order valence-electron chi connectivity index (χ1n) is 9.75. The van der Waals surface area contributed by atoms with Crippen LogP contribution in [0.2, 0.25) is 0 Å². The number of anilines is 1. The van der Waals surface area contributed by atoms with Crippen LogP contribution in [0.4, 0.5) is 32.0 Å². The third kappa shape index (κ3) is 7.30. The summed E-state index contributed by atoms with van der Waals surface area (Å²) in [7, 11) is 0. The molecule has 0 spiro atoms. The summed E-state index contributed by atoms with van der Waals surface area (Å²) >= 11 is 5.22. The SMILES string of the molecule is CC(C)(C)C(CN1CCCCC1)NC(=S)Nc1cc(C(F)(F)F)cc(C(F)(F)F)c1. The molecule has 3 nitrogen and oxygen atoms in total. The number of hydrogen-bond donors (Lipinski definition) is 2. The van der Waals surface area contributed by atoms with Crippen LogP contribution < -0.4 is 10.6 Å². The number of benzene rings is 1. The van der Waals surface area contributed by atoms with Gasteiger partial charge in [0.2, 0.25) is 0 Å². The second-order valence-electron chi connectivity index (χ2n) is 8.67. The zero-order valence-electron chi connectivity index (χ0n) is 17.2. The predicted molar refractivity (Wildman–Crippen MR) is 109 cm³/mol. The van der Waals surface area contributed by atoms with E-state index in [-0.39, 0.29) is 28.3 Å². The van der Waals surface area contributed by atoms with Gasteiger partial charge in [-0.1, -0.05) is 27.2 Å². The number of likely N-dealkylation sites (tertiary alicyclic amines) is 1. The molecule has 2 N–H and O–H groups in total. The van der Waals surface area contributed by atoms with Gasteiger partial charge in [0, 0.05) is 18.3 Å². The molecule has 0 amide bonds. The standard InChI is InChI=1S/C20H27F6N3S/c1-18(2,3)16(12-29-7-5-4-6-8-29)28-17(30)27-15-10-13(19(21,22)23)9-14(11-15)20(24,25)26/h9-11,16H,4-8,12H2,1-3H3,(H2,27,28,30). The number of halogens is 6. The number of hydrogen-bond acceptors (Lipinski definition) is 2. The second kappa shape index (κ2) is 9.30. The highest BCUT2D eigenvalue weighted by molar-refractivity contribution is 7.80. The minimum absolute atomic E-state index is 0.0145. The van der Waals surface area contributed by atoms with Gasteiger partial charge in [-0.25, -0.2) is 0 Å². The molecule has 0 radical (unpaired) electrons.